The Morgan fingerprint density at radius 2 is 1.87 bits per heavy atom. The van der Waals surface area contributed by atoms with Crippen LogP contribution in [0, 0.1) is 0 Å². The molecule has 1 atom stereocenters. The summed E-state index contributed by atoms with van der Waals surface area (Å²) in [5.41, 5.74) is 2.23. The van der Waals surface area contributed by atoms with Crippen LogP contribution in [0.2, 0.25) is 0 Å². The number of nitrogens with one attached hydrogen (secondary N) is 1. The summed E-state index contributed by atoms with van der Waals surface area (Å²) in [6.07, 6.45) is 2.27. The van der Waals surface area contributed by atoms with Gasteiger partial charge in [0.15, 0.2) is 6.61 Å². The van der Waals surface area contributed by atoms with E-state index in [0.717, 1.165) is 10.9 Å². The first kappa shape index (κ1) is 19.7. The van der Waals surface area contributed by atoms with E-state index in [-0.39, 0.29) is 37.3 Å². The van der Waals surface area contributed by atoms with Crippen molar-refractivity contribution >= 4 is 40.1 Å². The molecule has 1 aliphatic heterocycles. The average molecular weight is 405 g/mol. The molecule has 1 aromatic heterocycles. The maximum Gasteiger partial charge on any atom is 0.308 e. The predicted molar refractivity (Wildman–Crippen MR) is 114 cm³/mol. The molecule has 7 heteroatoms. The number of fused-ring (bicyclic) bond motifs is 2. The van der Waals surface area contributed by atoms with Crippen LogP contribution in [0.4, 0.5) is 11.4 Å². The zero-order chi connectivity index (χ0) is 21.1. The SMILES string of the molecule is CC1CC(=O)Nc2ccccc2N1C(=O)COC(=O)CCn1ccc2ccccc21. The lowest BCUT2D eigenvalue weighted by Gasteiger charge is -2.27. The van der Waals surface area contributed by atoms with E-state index < -0.39 is 5.97 Å². The van der Waals surface area contributed by atoms with Gasteiger partial charge in [-0.1, -0.05) is 30.3 Å². The highest BCUT2D eigenvalue weighted by Crippen LogP contribution is 2.31. The van der Waals surface area contributed by atoms with E-state index >= 15 is 0 Å². The number of hydrogen-bond acceptors (Lipinski definition) is 4. The molecule has 1 unspecified atom stereocenters. The fraction of sp³-hybridized carbons (Fsp3) is 0.261. The van der Waals surface area contributed by atoms with Gasteiger partial charge in [-0.15, -0.1) is 0 Å². The lowest BCUT2D eigenvalue weighted by atomic mass is 10.1. The lowest BCUT2D eigenvalue weighted by Crippen LogP contribution is -2.41. The first-order valence-electron chi connectivity index (χ1n) is 9.93. The molecule has 0 aliphatic carbocycles. The van der Waals surface area contributed by atoms with E-state index in [1.807, 2.05) is 41.1 Å². The van der Waals surface area contributed by atoms with Crippen molar-refractivity contribution in [1.29, 1.82) is 0 Å². The smallest absolute Gasteiger partial charge is 0.308 e. The van der Waals surface area contributed by atoms with Crippen molar-refractivity contribution in [2.45, 2.75) is 32.4 Å². The minimum Gasteiger partial charge on any atom is -0.455 e. The molecule has 2 amide bonds. The van der Waals surface area contributed by atoms with Gasteiger partial charge in [-0.3, -0.25) is 14.4 Å². The summed E-state index contributed by atoms with van der Waals surface area (Å²) in [5.74, 6) is -0.946. The number of aromatic nitrogens is 1. The molecule has 1 aliphatic rings. The van der Waals surface area contributed by atoms with E-state index in [4.69, 9.17) is 4.74 Å². The molecular weight excluding hydrogens is 382 g/mol. The Balaban J connectivity index is 1.38. The predicted octanol–water partition coefficient (Wildman–Crippen LogP) is 3.34. The van der Waals surface area contributed by atoms with Gasteiger partial charge in [0.25, 0.3) is 5.91 Å². The van der Waals surface area contributed by atoms with Crippen LogP contribution in [0.15, 0.2) is 60.8 Å². The molecule has 1 N–H and O–H groups in total. The van der Waals surface area contributed by atoms with E-state index in [0.29, 0.717) is 17.9 Å². The molecule has 3 aromatic rings. The van der Waals surface area contributed by atoms with Crippen molar-refractivity contribution in [1.82, 2.24) is 4.57 Å². The Morgan fingerprint density at radius 1 is 1.10 bits per heavy atom. The third-order valence-corrected chi connectivity index (χ3v) is 5.22. The molecule has 2 heterocycles. The van der Waals surface area contributed by atoms with Crippen LogP contribution < -0.4 is 10.2 Å². The summed E-state index contributed by atoms with van der Waals surface area (Å²) in [4.78, 5) is 38.7. The van der Waals surface area contributed by atoms with Gasteiger partial charge in [-0.2, -0.15) is 0 Å². The molecule has 30 heavy (non-hydrogen) atoms. The average Bonchev–Trinajstić information content (AvgIpc) is 3.09. The Bertz CT molecular complexity index is 1100. The second-order valence-electron chi connectivity index (χ2n) is 7.36. The standard InChI is InChI=1S/C23H23N3O4/c1-16-14-21(27)24-18-7-3-5-9-20(18)26(16)22(28)15-30-23(29)11-13-25-12-10-17-6-2-4-8-19(17)25/h2-10,12,16H,11,13-15H2,1H3,(H,24,27). The van der Waals surface area contributed by atoms with Crippen LogP contribution >= 0.6 is 0 Å². The Labute approximate surface area is 174 Å². The zero-order valence-electron chi connectivity index (χ0n) is 16.7. The minimum absolute atomic E-state index is 0.152. The molecule has 0 radical (unpaired) electrons. The van der Waals surface area contributed by atoms with Gasteiger partial charge in [-0.25, -0.2) is 0 Å². The van der Waals surface area contributed by atoms with Gasteiger partial charge in [0.05, 0.1) is 17.8 Å². The van der Waals surface area contributed by atoms with E-state index in [2.05, 4.69) is 5.32 Å². The quantitative estimate of drug-likeness (QED) is 0.660. The fourth-order valence-electron chi connectivity index (χ4n) is 3.80. The number of rotatable bonds is 5. The number of carbonyl (C=O) groups excluding carboxylic acids is 3. The van der Waals surface area contributed by atoms with Crippen LogP contribution in [-0.2, 0) is 25.7 Å². The first-order valence-corrected chi connectivity index (χ1v) is 9.93. The number of ether oxygens (including phenoxy) is 1. The first-order chi connectivity index (χ1) is 14.5. The third-order valence-electron chi connectivity index (χ3n) is 5.22. The zero-order valence-corrected chi connectivity index (χ0v) is 16.7. The second kappa shape index (κ2) is 8.41. The molecule has 0 fully saturated rings. The monoisotopic (exact) mass is 405 g/mol. The lowest BCUT2D eigenvalue weighted by molar-refractivity contribution is -0.148. The molecule has 4 rings (SSSR count). The normalized spacial score (nSPS) is 16.0. The number of hydrogen-bond donors (Lipinski definition) is 1. The molecule has 7 nitrogen and oxygen atoms in total. The molecular formula is C23H23N3O4. The van der Waals surface area contributed by atoms with Crippen molar-refractivity contribution < 1.29 is 19.1 Å². The largest absolute Gasteiger partial charge is 0.455 e. The molecule has 0 bridgehead atoms. The summed E-state index contributed by atoms with van der Waals surface area (Å²) in [7, 11) is 0. The van der Waals surface area contributed by atoms with Crippen LogP contribution in [0.25, 0.3) is 10.9 Å². The second-order valence-corrected chi connectivity index (χ2v) is 7.36. The van der Waals surface area contributed by atoms with Gasteiger partial charge >= 0.3 is 5.97 Å². The highest BCUT2D eigenvalue weighted by atomic mass is 16.5. The van der Waals surface area contributed by atoms with Crippen LogP contribution in [-0.4, -0.2) is 35.0 Å². The molecule has 154 valence electrons. The Kier molecular flexibility index (Phi) is 5.52. The van der Waals surface area contributed by atoms with Gasteiger partial charge in [0, 0.05) is 30.7 Å². The molecule has 0 saturated carbocycles. The highest BCUT2D eigenvalue weighted by Gasteiger charge is 2.30. The minimum atomic E-state index is -0.439. The summed E-state index contributed by atoms with van der Waals surface area (Å²) in [6, 6.07) is 16.7. The number of benzene rings is 2. The van der Waals surface area contributed by atoms with Gasteiger partial charge in [-0.05, 0) is 36.6 Å². The third kappa shape index (κ3) is 4.05. The van der Waals surface area contributed by atoms with Crippen molar-refractivity contribution in [3.05, 3.63) is 60.8 Å². The van der Waals surface area contributed by atoms with E-state index in [1.165, 1.54) is 4.90 Å². The van der Waals surface area contributed by atoms with Crippen molar-refractivity contribution in [3.63, 3.8) is 0 Å². The maximum atomic E-state index is 12.8. The van der Waals surface area contributed by atoms with Crippen molar-refractivity contribution in [3.8, 4) is 0 Å². The van der Waals surface area contributed by atoms with Gasteiger partial charge in [0.1, 0.15) is 0 Å². The Morgan fingerprint density at radius 3 is 2.73 bits per heavy atom. The summed E-state index contributed by atoms with van der Waals surface area (Å²) < 4.78 is 7.24. The highest BCUT2D eigenvalue weighted by molar-refractivity contribution is 6.05. The van der Waals surface area contributed by atoms with Crippen LogP contribution in [0.1, 0.15) is 19.8 Å². The molecule has 0 saturated heterocycles. The number of amides is 2. The molecule has 0 spiro atoms. The number of carbonyl (C=O) groups is 3. The van der Waals surface area contributed by atoms with E-state index in [9.17, 15) is 14.4 Å². The topological polar surface area (TPSA) is 80.6 Å². The van der Waals surface area contributed by atoms with Gasteiger partial charge in [0.2, 0.25) is 5.91 Å². The number of nitrogens with zero attached hydrogens (tertiary/aromatic N) is 2. The van der Waals surface area contributed by atoms with Crippen molar-refractivity contribution in [2.75, 3.05) is 16.8 Å². The summed E-state index contributed by atoms with van der Waals surface area (Å²) in [5, 5.41) is 3.92. The maximum absolute atomic E-state index is 12.8. The Hall–Kier alpha value is -3.61. The summed E-state index contributed by atoms with van der Waals surface area (Å²) >= 11 is 0. The van der Waals surface area contributed by atoms with Crippen LogP contribution in [0.5, 0.6) is 0 Å². The fourth-order valence-corrected chi connectivity index (χ4v) is 3.80. The number of esters is 1. The number of aryl methyl sites for hydroxylation is 1. The number of para-hydroxylation sites is 3. The molecule has 2 aromatic carbocycles. The van der Waals surface area contributed by atoms with E-state index in [1.54, 1.807) is 31.2 Å². The van der Waals surface area contributed by atoms with Crippen molar-refractivity contribution in [2.24, 2.45) is 0 Å². The van der Waals surface area contributed by atoms with Gasteiger partial charge < -0.3 is 19.5 Å². The van der Waals surface area contributed by atoms with Crippen LogP contribution in [0.3, 0.4) is 0 Å². The summed E-state index contributed by atoms with van der Waals surface area (Å²) in [6.45, 7) is 1.92. The number of anilines is 2.